The predicted molar refractivity (Wildman–Crippen MR) is 122 cm³/mol. The summed E-state index contributed by atoms with van der Waals surface area (Å²) >= 11 is 0. The van der Waals surface area contributed by atoms with E-state index in [4.69, 9.17) is 0 Å². The average Bonchev–Trinajstić information content (AvgIpc) is 3.22. The molecule has 170 valence electrons. The molecule has 3 aromatic carbocycles. The van der Waals surface area contributed by atoms with E-state index in [9.17, 15) is 23.2 Å². The minimum absolute atomic E-state index is 0.0680. The number of nitrogens with zero attached hydrogens (tertiary/aromatic N) is 3. The van der Waals surface area contributed by atoms with Gasteiger partial charge in [-0.3, -0.25) is 0 Å². The summed E-state index contributed by atoms with van der Waals surface area (Å²) < 4.78 is 42.5. The first-order valence-corrected chi connectivity index (χ1v) is 12.8. The van der Waals surface area contributed by atoms with Crippen LogP contribution in [-0.4, -0.2) is 39.4 Å². The number of hydrogen-bond acceptors (Lipinski definition) is 4. The summed E-state index contributed by atoms with van der Waals surface area (Å²) in [4.78, 5) is 12.9. The van der Waals surface area contributed by atoms with E-state index in [1.54, 1.807) is 54.6 Å². The second-order valence-electron chi connectivity index (χ2n) is 8.29. The van der Waals surface area contributed by atoms with E-state index < -0.39 is 24.3 Å². The number of carbonyl (C=O) groups is 1. The lowest BCUT2D eigenvalue weighted by molar-refractivity contribution is -0.145. The van der Waals surface area contributed by atoms with Gasteiger partial charge in [0.25, 0.3) is 0 Å². The third kappa shape index (κ3) is 3.85. The Morgan fingerprint density at radius 2 is 1.55 bits per heavy atom. The van der Waals surface area contributed by atoms with E-state index in [1.807, 2.05) is 0 Å². The zero-order valence-corrected chi connectivity index (χ0v) is 18.9. The first-order valence-electron chi connectivity index (χ1n) is 10.2. The van der Waals surface area contributed by atoms with E-state index in [2.05, 4.69) is 10.3 Å². The van der Waals surface area contributed by atoms with Gasteiger partial charge < -0.3 is 9.67 Å². The van der Waals surface area contributed by atoms with Gasteiger partial charge in [-0.05, 0) is 36.6 Å². The Morgan fingerprint density at radius 1 is 0.939 bits per heavy atom. The number of aliphatic carboxylic acids is 1. The quantitative estimate of drug-likeness (QED) is 0.377. The van der Waals surface area contributed by atoms with Crippen molar-refractivity contribution >= 4 is 24.1 Å². The summed E-state index contributed by atoms with van der Waals surface area (Å²) in [7, 11) is -3.73. The molecule has 1 heterocycles. The van der Waals surface area contributed by atoms with Crippen molar-refractivity contribution in [3.63, 3.8) is 0 Å². The van der Waals surface area contributed by atoms with Gasteiger partial charge in [-0.15, -0.1) is 5.10 Å². The lowest BCUT2D eigenvalue weighted by Gasteiger charge is -2.31. The van der Waals surface area contributed by atoms with Crippen LogP contribution >= 0.6 is 7.14 Å². The highest BCUT2D eigenvalue weighted by atomic mass is 31.2. The van der Waals surface area contributed by atoms with Gasteiger partial charge in [-0.25, -0.2) is 9.48 Å². The lowest BCUT2D eigenvalue weighted by Crippen LogP contribution is -2.46. The number of carboxylic acids is 1. The molecule has 0 spiro atoms. The van der Waals surface area contributed by atoms with Crippen molar-refractivity contribution in [3.05, 3.63) is 95.6 Å². The Morgan fingerprint density at radius 3 is 2.15 bits per heavy atom. The van der Waals surface area contributed by atoms with Crippen molar-refractivity contribution in [3.8, 4) is 0 Å². The standard InChI is InChI=1S/C24H22F2N3O3P/c1-33(2,32)24(25,26)19-14-12-17(13-15-19)16-23(22(30)31,18-8-4-3-5-9-18)29-21-11-7-6-10-20(21)27-28-29/h3-15H,16H2,1-2H3,(H,30,31). The molecule has 0 saturated heterocycles. The fourth-order valence-corrected chi connectivity index (χ4v) is 4.65. The minimum atomic E-state index is -3.73. The molecule has 0 fully saturated rings. The maximum Gasteiger partial charge on any atom is 0.336 e. The van der Waals surface area contributed by atoms with Crippen LogP contribution in [0.25, 0.3) is 11.0 Å². The molecule has 6 nitrogen and oxygen atoms in total. The Bertz CT molecular complexity index is 1350. The molecule has 0 saturated carbocycles. The molecule has 0 aliphatic rings. The third-order valence-electron chi connectivity index (χ3n) is 5.76. The molecule has 4 rings (SSSR count). The minimum Gasteiger partial charge on any atom is -0.479 e. The number of alkyl halides is 2. The van der Waals surface area contributed by atoms with Gasteiger partial charge in [0.2, 0.25) is 0 Å². The zero-order valence-electron chi connectivity index (χ0n) is 18.0. The van der Waals surface area contributed by atoms with Gasteiger partial charge >= 0.3 is 11.6 Å². The lowest BCUT2D eigenvalue weighted by atomic mass is 9.83. The predicted octanol–water partition coefficient (Wildman–Crippen LogP) is 5.17. The van der Waals surface area contributed by atoms with E-state index in [0.717, 1.165) is 13.3 Å². The number of rotatable bonds is 7. The molecule has 4 aromatic rings. The fraction of sp³-hybridized carbons (Fsp3) is 0.208. The van der Waals surface area contributed by atoms with Crippen molar-refractivity contribution in [2.75, 3.05) is 13.3 Å². The Labute approximate surface area is 189 Å². The van der Waals surface area contributed by atoms with Gasteiger partial charge in [0.15, 0.2) is 12.7 Å². The van der Waals surface area contributed by atoms with E-state index in [1.165, 1.54) is 28.9 Å². The van der Waals surface area contributed by atoms with Gasteiger partial charge in [-0.1, -0.05) is 71.9 Å². The highest BCUT2D eigenvalue weighted by Gasteiger charge is 2.46. The van der Waals surface area contributed by atoms with Crippen LogP contribution in [0.2, 0.25) is 0 Å². The van der Waals surface area contributed by atoms with Crippen LogP contribution in [0.15, 0.2) is 78.9 Å². The first kappa shape index (κ1) is 22.8. The maximum atomic E-state index is 14.5. The fourth-order valence-electron chi connectivity index (χ4n) is 3.88. The molecule has 1 atom stereocenters. The van der Waals surface area contributed by atoms with Crippen LogP contribution in [0.3, 0.4) is 0 Å². The average molecular weight is 469 g/mol. The molecule has 1 aromatic heterocycles. The summed E-state index contributed by atoms with van der Waals surface area (Å²) in [5.74, 6) is -1.16. The molecular weight excluding hydrogens is 447 g/mol. The number of para-hydroxylation sites is 1. The largest absolute Gasteiger partial charge is 0.479 e. The Kier molecular flexibility index (Phi) is 5.66. The van der Waals surface area contributed by atoms with Gasteiger partial charge in [0.05, 0.1) is 5.52 Å². The maximum absolute atomic E-state index is 14.5. The molecule has 0 aliphatic heterocycles. The normalized spacial score (nSPS) is 14.2. The number of benzene rings is 3. The number of hydrogen-bond donors (Lipinski definition) is 1. The molecule has 0 aliphatic carbocycles. The van der Waals surface area contributed by atoms with Crippen molar-refractivity contribution in [1.29, 1.82) is 0 Å². The van der Waals surface area contributed by atoms with Crippen molar-refractivity contribution in [2.45, 2.75) is 17.6 Å². The molecule has 1 N–H and O–H groups in total. The smallest absolute Gasteiger partial charge is 0.336 e. The van der Waals surface area contributed by atoms with Crippen LogP contribution in [0.5, 0.6) is 0 Å². The molecule has 0 amide bonds. The molecule has 33 heavy (non-hydrogen) atoms. The number of aromatic nitrogens is 3. The summed E-state index contributed by atoms with van der Waals surface area (Å²) in [6, 6.07) is 20.9. The van der Waals surface area contributed by atoms with Crippen LogP contribution in [-0.2, 0) is 27.0 Å². The van der Waals surface area contributed by atoms with Crippen LogP contribution in [0.1, 0.15) is 16.7 Å². The van der Waals surface area contributed by atoms with Crippen molar-refractivity contribution in [2.24, 2.45) is 0 Å². The molecule has 1 unspecified atom stereocenters. The SMILES string of the molecule is CP(C)(=O)C(F)(F)c1ccc(CC(C(=O)O)(c2ccccc2)n2nnc3ccccc32)cc1. The zero-order chi connectivity index (χ0) is 23.9. The number of carboxylic acid groups (broad SMARTS) is 1. The number of halogens is 2. The molecule has 0 radical (unpaired) electrons. The molecule has 0 bridgehead atoms. The summed E-state index contributed by atoms with van der Waals surface area (Å²) in [5, 5.41) is 18.8. The van der Waals surface area contributed by atoms with E-state index in [0.29, 0.717) is 22.2 Å². The van der Waals surface area contributed by atoms with E-state index >= 15 is 0 Å². The molecule has 9 heteroatoms. The van der Waals surface area contributed by atoms with Crippen molar-refractivity contribution < 1.29 is 23.2 Å². The van der Waals surface area contributed by atoms with Crippen LogP contribution in [0, 0.1) is 0 Å². The topological polar surface area (TPSA) is 85.1 Å². The Balaban J connectivity index is 1.87. The van der Waals surface area contributed by atoms with Crippen LogP contribution < -0.4 is 0 Å². The van der Waals surface area contributed by atoms with E-state index in [-0.39, 0.29) is 12.0 Å². The Hall–Kier alpha value is -3.38. The monoisotopic (exact) mass is 469 g/mol. The third-order valence-corrected chi connectivity index (χ3v) is 7.37. The highest BCUT2D eigenvalue weighted by molar-refractivity contribution is 7.63. The summed E-state index contributed by atoms with van der Waals surface area (Å²) in [6.45, 7) is 2.09. The van der Waals surface area contributed by atoms with Gasteiger partial charge in [0, 0.05) is 12.0 Å². The second kappa shape index (κ2) is 8.19. The van der Waals surface area contributed by atoms with Crippen molar-refractivity contribution in [1.82, 2.24) is 15.0 Å². The van der Waals surface area contributed by atoms with Crippen LogP contribution in [0.4, 0.5) is 8.78 Å². The van der Waals surface area contributed by atoms with Gasteiger partial charge in [-0.2, -0.15) is 8.78 Å². The first-order chi connectivity index (χ1) is 15.6. The summed E-state index contributed by atoms with van der Waals surface area (Å²) in [5.41, 5.74) is -3.48. The second-order valence-corrected chi connectivity index (χ2v) is 11.6. The van der Waals surface area contributed by atoms with Gasteiger partial charge in [0.1, 0.15) is 5.52 Å². The number of fused-ring (bicyclic) bond motifs is 1. The molecular formula is C24H22F2N3O3P. The summed E-state index contributed by atoms with van der Waals surface area (Å²) in [6.07, 6.45) is -0.0680. The highest BCUT2D eigenvalue weighted by Crippen LogP contribution is 2.60.